The fraction of sp³-hybridized carbons (Fsp3) is 0.400. The molecule has 14 heavy (non-hydrogen) atoms. The van der Waals surface area contributed by atoms with Gasteiger partial charge in [0.2, 0.25) is 7.37 Å². The summed E-state index contributed by atoms with van der Waals surface area (Å²) in [5, 5.41) is 0. The molecule has 0 fully saturated rings. The fourth-order valence-corrected chi connectivity index (χ4v) is 2.12. The van der Waals surface area contributed by atoms with Gasteiger partial charge in [-0.05, 0) is 18.9 Å². The van der Waals surface area contributed by atoms with Gasteiger partial charge in [0.25, 0.3) is 0 Å². The maximum Gasteiger partial charge on any atom is 0.216 e. The summed E-state index contributed by atoms with van der Waals surface area (Å²) in [6.07, 6.45) is 0.866. The van der Waals surface area contributed by atoms with Gasteiger partial charge >= 0.3 is 0 Å². The topological polar surface area (TPSA) is 63.3 Å². The lowest BCUT2D eigenvalue weighted by Gasteiger charge is -2.14. The van der Waals surface area contributed by atoms with E-state index in [-0.39, 0.29) is 6.16 Å². The van der Waals surface area contributed by atoms with Crippen molar-refractivity contribution < 1.29 is 9.46 Å². The van der Waals surface area contributed by atoms with Gasteiger partial charge in [0.1, 0.15) is 0 Å². The molecule has 0 spiro atoms. The molecule has 78 valence electrons. The van der Waals surface area contributed by atoms with Crippen molar-refractivity contribution in [2.45, 2.75) is 19.1 Å². The third-order valence-electron chi connectivity index (χ3n) is 2.20. The summed E-state index contributed by atoms with van der Waals surface area (Å²) in [7, 11) is -3.15. The molecule has 0 amide bonds. The molecule has 0 saturated heterocycles. The van der Waals surface area contributed by atoms with Crippen molar-refractivity contribution >= 4 is 7.37 Å². The van der Waals surface area contributed by atoms with Gasteiger partial charge in [0.05, 0.1) is 5.78 Å². The number of hydrogen-bond acceptors (Lipinski definition) is 2. The van der Waals surface area contributed by atoms with Crippen molar-refractivity contribution in [3.8, 4) is 0 Å². The Balaban J connectivity index is 2.54. The van der Waals surface area contributed by atoms with E-state index in [0.29, 0.717) is 6.42 Å². The third kappa shape index (κ3) is 3.26. The molecule has 0 aliphatic rings. The van der Waals surface area contributed by atoms with Gasteiger partial charge in [0.15, 0.2) is 0 Å². The van der Waals surface area contributed by atoms with Gasteiger partial charge in [0, 0.05) is 6.16 Å². The lowest BCUT2D eigenvalue weighted by molar-refractivity contribution is 0.466. The molecule has 1 aromatic rings. The van der Waals surface area contributed by atoms with Crippen LogP contribution in [-0.4, -0.2) is 16.8 Å². The third-order valence-corrected chi connectivity index (χ3v) is 4.34. The quantitative estimate of drug-likeness (QED) is 0.749. The van der Waals surface area contributed by atoms with E-state index in [1.54, 1.807) is 6.92 Å². The fourth-order valence-electron chi connectivity index (χ4n) is 1.14. The zero-order chi connectivity index (χ0) is 10.6. The Bertz CT molecular complexity index is 324. The maximum absolute atomic E-state index is 11.5. The Labute approximate surface area is 84.4 Å². The second kappa shape index (κ2) is 4.74. The van der Waals surface area contributed by atoms with E-state index in [4.69, 9.17) is 5.73 Å². The van der Waals surface area contributed by atoms with Gasteiger partial charge in [-0.3, -0.25) is 4.57 Å². The summed E-state index contributed by atoms with van der Waals surface area (Å²) in [5.41, 5.74) is 6.49. The summed E-state index contributed by atoms with van der Waals surface area (Å²) in [6.45, 7) is 1.58. The molecule has 0 radical (unpaired) electrons. The number of benzene rings is 1. The molecule has 2 atom stereocenters. The van der Waals surface area contributed by atoms with Gasteiger partial charge in [-0.25, -0.2) is 0 Å². The molecule has 0 aliphatic carbocycles. The van der Waals surface area contributed by atoms with Crippen molar-refractivity contribution in [3.63, 3.8) is 0 Å². The first-order chi connectivity index (χ1) is 6.52. The second-order valence-electron chi connectivity index (χ2n) is 3.46. The Morgan fingerprint density at radius 3 is 2.50 bits per heavy atom. The van der Waals surface area contributed by atoms with Crippen LogP contribution in [0.4, 0.5) is 0 Å². The number of hydrogen-bond donors (Lipinski definition) is 2. The first-order valence-electron chi connectivity index (χ1n) is 4.63. The predicted octanol–water partition coefficient (Wildman–Crippen LogP) is 1.80. The van der Waals surface area contributed by atoms with Crippen LogP contribution in [0.25, 0.3) is 0 Å². The minimum atomic E-state index is -3.15. The standard InChI is InChI=1S/C10H16NO2P/c1-9(11)14(12,13)8-7-10-5-3-2-4-6-10/h2-6,9H,7-8,11H2,1H3,(H,12,13). The van der Waals surface area contributed by atoms with E-state index >= 15 is 0 Å². The lowest BCUT2D eigenvalue weighted by Crippen LogP contribution is -2.17. The molecule has 1 aromatic carbocycles. The van der Waals surface area contributed by atoms with E-state index in [0.717, 1.165) is 5.56 Å². The molecular formula is C10H16NO2P. The molecule has 4 heteroatoms. The minimum Gasteiger partial charge on any atom is -0.343 e. The van der Waals surface area contributed by atoms with Crippen LogP contribution < -0.4 is 5.73 Å². The molecule has 0 aliphatic heterocycles. The maximum atomic E-state index is 11.5. The Hall–Kier alpha value is -0.630. The highest BCUT2D eigenvalue weighted by molar-refractivity contribution is 7.58. The van der Waals surface area contributed by atoms with Gasteiger partial charge < -0.3 is 10.6 Å². The Morgan fingerprint density at radius 1 is 1.43 bits per heavy atom. The van der Waals surface area contributed by atoms with Crippen molar-refractivity contribution in [2.24, 2.45) is 5.73 Å². The minimum absolute atomic E-state index is 0.259. The van der Waals surface area contributed by atoms with Crippen LogP contribution in [-0.2, 0) is 11.0 Å². The summed E-state index contributed by atoms with van der Waals surface area (Å²) in [5.74, 6) is -0.633. The highest BCUT2D eigenvalue weighted by Crippen LogP contribution is 2.43. The van der Waals surface area contributed by atoms with E-state index in [1.807, 2.05) is 30.3 Å². The molecular weight excluding hydrogens is 197 g/mol. The van der Waals surface area contributed by atoms with Crippen LogP contribution in [0.5, 0.6) is 0 Å². The molecule has 0 saturated carbocycles. The van der Waals surface area contributed by atoms with Crippen molar-refractivity contribution in [1.82, 2.24) is 0 Å². The number of aryl methyl sites for hydroxylation is 1. The summed E-state index contributed by atoms with van der Waals surface area (Å²) in [4.78, 5) is 9.48. The smallest absolute Gasteiger partial charge is 0.216 e. The van der Waals surface area contributed by atoms with Crippen LogP contribution in [0.1, 0.15) is 12.5 Å². The average molecular weight is 213 g/mol. The van der Waals surface area contributed by atoms with Gasteiger partial charge in [-0.2, -0.15) is 0 Å². The number of rotatable bonds is 4. The molecule has 0 aromatic heterocycles. The van der Waals surface area contributed by atoms with E-state index in [1.165, 1.54) is 0 Å². The van der Waals surface area contributed by atoms with Crippen LogP contribution in [0, 0.1) is 0 Å². The number of nitrogens with two attached hydrogens (primary N) is 1. The molecule has 0 heterocycles. The van der Waals surface area contributed by atoms with Gasteiger partial charge in [-0.1, -0.05) is 30.3 Å². The molecule has 3 nitrogen and oxygen atoms in total. The average Bonchev–Trinajstić information content (AvgIpc) is 2.16. The summed E-state index contributed by atoms with van der Waals surface area (Å²) < 4.78 is 11.5. The zero-order valence-electron chi connectivity index (χ0n) is 8.26. The van der Waals surface area contributed by atoms with Crippen molar-refractivity contribution in [2.75, 3.05) is 6.16 Å². The lowest BCUT2D eigenvalue weighted by atomic mass is 10.2. The molecule has 1 rings (SSSR count). The van der Waals surface area contributed by atoms with E-state index in [9.17, 15) is 9.46 Å². The molecule has 0 bridgehead atoms. The normalized spacial score (nSPS) is 17.4. The molecule has 3 N–H and O–H groups in total. The largest absolute Gasteiger partial charge is 0.343 e. The van der Waals surface area contributed by atoms with Crippen LogP contribution >= 0.6 is 7.37 Å². The SMILES string of the molecule is CC(N)P(=O)(O)CCc1ccccc1. The monoisotopic (exact) mass is 213 g/mol. The second-order valence-corrected chi connectivity index (χ2v) is 6.23. The van der Waals surface area contributed by atoms with Crippen molar-refractivity contribution in [1.29, 1.82) is 0 Å². The molecule has 2 unspecified atom stereocenters. The Kier molecular flexibility index (Phi) is 3.87. The first kappa shape index (κ1) is 11.4. The Morgan fingerprint density at radius 2 is 2.00 bits per heavy atom. The first-order valence-corrected chi connectivity index (χ1v) is 6.55. The highest BCUT2D eigenvalue weighted by Gasteiger charge is 2.22. The van der Waals surface area contributed by atoms with E-state index < -0.39 is 13.2 Å². The van der Waals surface area contributed by atoms with Crippen molar-refractivity contribution in [3.05, 3.63) is 35.9 Å². The van der Waals surface area contributed by atoms with Crippen LogP contribution in [0.2, 0.25) is 0 Å². The van der Waals surface area contributed by atoms with Crippen LogP contribution in [0.15, 0.2) is 30.3 Å². The predicted molar refractivity (Wildman–Crippen MR) is 58.5 cm³/mol. The highest BCUT2D eigenvalue weighted by atomic mass is 31.2. The summed E-state index contributed by atoms with van der Waals surface area (Å²) in [6, 6.07) is 9.66. The van der Waals surface area contributed by atoms with E-state index in [2.05, 4.69) is 0 Å². The zero-order valence-corrected chi connectivity index (χ0v) is 9.15. The van der Waals surface area contributed by atoms with Crippen LogP contribution in [0.3, 0.4) is 0 Å². The summed E-state index contributed by atoms with van der Waals surface area (Å²) >= 11 is 0. The van der Waals surface area contributed by atoms with Gasteiger partial charge in [-0.15, -0.1) is 0 Å².